The molecule has 1 aromatic rings. The van der Waals surface area contributed by atoms with Gasteiger partial charge in [0.15, 0.2) is 0 Å². The zero-order valence-electron chi connectivity index (χ0n) is 10.6. The molecule has 1 aromatic carbocycles. The highest BCUT2D eigenvalue weighted by Crippen LogP contribution is 2.23. The van der Waals surface area contributed by atoms with Crippen molar-refractivity contribution in [3.05, 3.63) is 28.2 Å². The summed E-state index contributed by atoms with van der Waals surface area (Å²) in [6.45, 7) is 4.80. The van der Waals surface area contributed by atoms with Crippen LogP contribution in [-0.4, -0.2) is 15.0 Å². The van der Waals surface area contributed by atoms with Gasteiger partial charge in [-0.3, -0.25) is 0 Å². The van der Waals surface area contributed by atoms with Crippen LogP contribution in [0, 0.1) is 5.92 Å². The van der Waals surface area contributed by atoms with Crippen LogP contribution in [0.25, 0.3) is 0 Å². The molecular weight excluding hydrogens is 316 g/mol. The average molecular weight is 335 g/mol. The molecule has 0 aliphatic heterocycles. The van der Waals surface area contributed by atoms with E-state index in [-0.39, 0.29) is 4.90 Å². The molecule has 0 spiro atoms. The molecule has 1 rings (SSSR count). The number of nitrogens with one attached hydrogen (secondary N) is 1. The average Bonchev–Trinajstić information content (AvgIpc) is 2.36. The first-order valence-electron chi connectivity index (χ1n) is 5.88. The highest BCUT2D eigenvalue weighted by Gasteiger charge is 2.18. The van der Waals surface area contributed by atoms with Gasteiger partial charge >= 0.3 is 0 Å². The SMILES string of the molecule is CCC(C)CNS(=O)(=O)c1cc(CN)ccc1Br. The smallest absolute Gasteiger partial charge is 0.241 e. The molecule has 4 nitrogen and oxygen atoms in total. The highest BCUT2D eigenvalue weighted by atomic mass is 79.9. The fraction of sp³-hybridized carbons (Fsp3) is 0.500. The Kier molecular flexibility index (Phi) is 5.78. The van der Waals surface area contributed by atoms with Crippen molar-refractivity contribution in [2.24, 2.45) is 11.7 Å². The van der Waals surface area contributed by atoms with Crippen molar-refractivity contribution < 1.29 is 8.42 Å². The minimum atomic E-state index is -3.48. The normalized spacial score (nSPS) is 13.6. The van der Waals surface area contributed by atoms with E-state index in [2.05, 4.69) is 20.7 Å². The lowest BCUT2D eigenvalue weighted by Crippen LogP contribution is -2.28. The second-order valence-electron chi connectivity index (χ2n) is 4.33. The maximum absolute atomic E-state index is 12.2. The van der Waals surface area contributed by atoms with Crippen LogP contribution in [0.3, 0.4) is 0 Å². The third kappa shape index (κ3) is 4.05. The zero-order chi connectivity index (χ0) is 13.8. The van der Waals surface area contributed by atoms with E-state index in [0.29, 0.717) is 23.5 Å². The van der Waals surface area contributed by atoms with Crippen molar-refractivity contribution >= 4 is 26.0 Å². The lowest BCUT2D eigenvalue weighted by atomic mass is 10.1. The first-order valence-corrected chi connectivity index (χ1v) is 8.16. The molecule has 1 unspecified atom stereocenters. The summed E-state index contributed by atoms with van der Waals surface area (Å²) in [4.78, 5) is 0.244. The van der Waals surface area contributed by atoms with Crippen LogP contribution in [0.1, 0.15) is 25.8 Å². The van der Waals surface area contributed by atoms with Gasteiger partial charge in [0.1, 0.15) is 0 Å². The molecule has 1 atom stereocenters. The van der Waals surface area contributed by atoms with Crippen molar-refractivity contribution in [1.82, 2.24) is 4.72 Å². The van der Waals surface area contributed by atoms with Crippen LogP contribution >= 0.6 is 15.9 Å². The predicted octanol–water partition coefficient (Wildman–Crippen LogP) is 2.23. The first kappa shape index (κ1) is 15.6. The largest absolute Gasteiger partial charge is 0.326 e. The Labute approximate surface area is 117 Å². The van der Waals surface area contributed by atoms with Crippen LogP contribution < -0.4 is 10.5 Å². The summed E-state index contributed by atoms with van der Waals surface area (Å²) < 4.78 is 27.5. The summed E-state index contributed by atoms with van der Waals surface area (Å²) in [6, 6.07) is 5.11. The number of benzene rings is 1. The van der Waals surface area contributed by atoms with Gasteiger partial charge in [0.2, 0.25) is 10.0 Å². The molecule has 0 aliphatic rings. The Morgan fingerprint density at radius 2 is 2.11 bits per heavy atom. The van der Waals surface area contributed by atoms with Gasteiger partial charge in [0.25, 0.3) is 0 Å². The van der Waals surface area contributed by atoms with E-state index in [1.165, 1.54) is 0 Å². The van der Waals surface area contributed by atoms with Crippen molar-refractivity contribution in [1.29, 1.82) is 0 Å². The lowest BCUT2D eigenvalue weighted by molar-refractivity contribution is 0.528. The van der Waals surface area contributed by atoms with Crippen LogP contribution in [0.5, 0.6) is 0 Å². The van der Waals surface area contributed by atoms with Gasteiger partial charge in [-0.1, -0.05) is 26.3 Å². The molecule has 0 saturated carbocycles. The quantitative estimate of drug-likeness (QED) is 0.837. The molecule has 6 heteroatoms. The molecule has 0 radical (unpaired) electrons. The molecule has 0 amide bonds. The topological polar surface area (TPSA) is 72.2 Å². The van der Waals surface area contributed by atoms with Crippen LogP contribution in [-0.2, 0) is 16.6 Å². The van der Waals surface area contributed by atoms with Crippen molar-refractivity contribution in [3.63, 3.8) is 0 Å². The van der Waals surface area contributed by atoms with Gasteiger partial charge < -0.3 is 5.73 Å². The van der Waals surface area contributed by atoms with E-state index in [1.54, 1.807) is 18.2 Å². The number of sulfonamides is 1. The third-order valence-corrected chi connectivity index (χ3v) is 5.26. The number of rotatable bonds is 6. The zero-order valence-corrected chi connectivity index (χ0v) is 13.0. The lowest BCUT2D eigenvalue weighted by Gasteiger charge is -2.12. The molecule has 0 fully saturated rings. The Morgan fingerprint density at radius 3 is 2.67 bits per heavy atom. The fourth-order valence-electron chi connectivity index (χ4n) is 1.35. The summed E-state index contributed by atoms with van der Waals surface area (Å²) in [5.74, 6) is 0.316. The summed E-state index contributed by atoms with van der Waals surface area (Å²) in [5.41, 5.74) is 6.32. The molecule has 0 aromatic heterocycles. The Hall–Kier alpha value is -0.430. The van der Waals surface area contributed by atoms with Crippen molar-refractivity contribution in [2.45, 2.75) is 31.7 Å². The predicted molar refractivity (Wildman–Crippen MR) is 76.7 cm³/mol. The van der Waals surface area contributed by atoms with Gasteiger partial charge in [0.05, 0.1) is 4.90 Å². The highest BCUT2D eigenvalue weighted by molar-refractivity contribution is 9.10. The van der Waals surface area contributed by atoms with Crippen LogP contribution in [0.4, 0.5) is 0 Å². The Balaban J connectivity index is 2.97. The van der Waals surface area contributed by atoms with Gasteiger partial charge in [-0.05, 0) is 39.5 Å². The molecule has 102 valence electrons. The maximum Gasteiger partial charge on any atom is 0.241 e. The van der Waals surface area contributed by atoms with Crippen LogP contribution in [0.2, 0.25) is 0 Å². The molecule has 0 heterocycles. The van der Waals surface area contributed by atoms with E-state index >= 15 is 0 Å². The summed E-state index contributed by atoms with van der Waals surface area (Å²) in [7, 11) is -3.48. The van der Waals surface area contributed by atoms with E-state index in [9.17, 15) is 8.42 Å². The van der Waals surface area contributed by atoms with Gasteiger partial charge in [0, 0.05) is 17.6 Å². The maximum atomic E-state index is 12.2. The molecule has 0 bridgehead atoms. The van der Waals surface area contributed by atoms with E-state index in [0.717, 1.165) is 12.0 Å². The Morgan fingerprint density at radius 1 is 1.44 bits per heavy atom. The number of halogens is 1. The number of hydrogen-bond acceptors (Lipinski definition) is 3. The number of hydrogen-bond donors (Lipinski definition) is 2. The van der Waals surface area contributed by atoms with Gasteiger partial charge in [-0.2, -0.15) is 0 Å². The number of nitrogens with two attached hydrogens (primary N) is 1. The first-order chi connectivity index (χ1) is 8.40. The van der Waals surface area contributed by atoms with Gasteiger partial charge in [-0.15, -0.1) is 0 Å². The summed E-state index contributed by atoms with van der Waals surface area (Å²) >= 11 is 3.26. The van der Waals surface area contributed by atoms with E-state index < -0.39 is 10.0 Å². The molecule has 0 aliphatic carbocycles. The third-order valence-electron chi connectivity index (χ3n) is 2.84. The monoisotopic (exact) mass is 334 g/mol. The van der Waals surface area contributed by atoms with Crippen molar-refractivity contribution in [2.75, 3.05) is 6.54 Å². The molecule has 3 N–H and O–H groups in total. The van der Waals surface area contributed by atoms with E-state index in [4.69, 9.17) is 5.73 Å². The molecule has 18 heavy (non-hydrogen) atoms. The minimum absolute atomic E-state index is 0.244. The second kappa shape index (κ2) is 6.65. The summed E-state index contributed by atoms with van der Waals surface area (Å²) in [5, 5.41) is 0. The summed E-state index contributed by atoms with van der Waals surface area (Å²) in [6.07, 6.45) is 0.937. The van der Waals surface area contributed by atoms with E-state index in [1.807, 2.05) is 13.8 Å². The molecule has 0 saturated heterocycles. The Bertz CT molecular complexity index is 503. The fourth-order valence-corrected chi connectivity index (χ4v) is 3.53. The van der Waals surface area contributed by atoms with Crippen LogP contribution in [0.15, 0.2) is 27.6 Å². The minimum Gasteiger partial charge on any atom is -0.326 e. The van der Waals surface area contributed by atoms with Crippen molar-refractivity contribution in [3.8, 4) is 0 Å². The standard InChI is InChI=1S/C12H19BrN2O2S/c1-3-9(2)8-15-18(16,17)12-6-10(7-14)4-5-11(12)13/h4-6,9,15H,3,7-8,14H2,1-2H3. The molecular formula is C12H19BrN2O2S. The van der Waals surface area contributed by atoms with Gasteiger partial charge in [-0.25, -0.2) is 13.1 Å². The second-order valence-corrected chi connectivity index (χ2v) is 6.92.